The third-order valence-corrected chi connectivity index (χ3v) is 4.75. The van der Waals surface area contributed by atoms with Crippen LogP contribution in [0.4, 0.5) is 0 Å². The average molecular weight is 358 g/mol. The van der Waals surface area contributed by atoms with Crippen LogP contribution in [-0.2, 0) is 12.8 Å². The lowest BCUT2D eigenvalue weighted by Gasteiger charge is -2.06. The average Bonchev–Trinajstić information content (AvgIpc) is 3.12. The van der Waals surface area contributed by atoms with Crippen LogP contribution in [0.2, 0.25) is 0 Å². The molecule has 4 aromatic rings. The van der Waals surface area contributed by atoms with Crippen molar-refractivity contribution in [3.8, 4) is 11.4 Å². The molecule has 1 N–H and O–H groups in total. The van der Waals surface area contributed by atoms with Crippen molar-refractivity contribution < 1.29 is 0 Å². The maximum absolute atomic E-state index is 12.4. The van der Waals surface area contributed by atoms with Gasteiger partial charge in [0.1, 0.15) is 0 Å². The summed E-state index contributed by atoms with van der Waals surface area (Å²) in [4.78, 5) is 21.5. The first-order valence-electron chi connectivity index (χ1n) is 9.23. The highest BCUT2D eigenvalue weighted by molar-refractivity contribution is 5.56. The first kappa shape index (κ1) is 17.2. The van der Waals surface area contributed by atoms with Gasteiger partial charge in [-0.1, -0.05) is 68.4 Å². The van der Waals surface area contributed by atoms with Gasteiger partial charge in [-0.15, -0.1) is 0 Å². The summed E-state index contributed by atoms with van der Waals surface area (Å²) >= 11 is 0. The van der Waals surface area contributed by atoms with Crippen LogP contribution in [0, 0.1) is 0 Å². The number of hydrogen-bond donors (Lipinski definition) is 1. The summed E-state index contributed by atoms with van der Waals surface area (Å²) < 4.78 is 1.39. The standard InChI is InChI=1S/C22H22N4O/c1-15(2)17-11-8-16(9-12-17)10-13-19-14-20(27)26-22(23-19)24-21(25-26)18-6-4-3-5-7-18/h3-9,11-12,14-15H,10,13H2,1-2H3,(H,23,24,25). The zero-order chi connectivity index (χ0) is 18.8. The monoisotopic (exact) mass is 358 g/mol. The van der Waals surface area contributed by atoms with Gasteiger partial charge in [-0.2, -0.15) is 9.50 Å². The van der Waals surface area contributed by atoms with E-state index in [0.717, 1.165) is 17.7 Å². The van der Waals surface area contributed by atoms with E-state index in [9.17, 15) is 4.79 Å². The molecule has 27 heavy (non-hydrogen) atoms. The Morgan fingerprint density at radius 3 is 2.41 bits per heavy atom. The minimum absolute atomic E-state index is 0.139. The maximum atomic E-state index is 12.4. The highest BCUT2D eigenvalue weighted by Crippen LogP contribution is 2.16. The van der Waals surface area contributed by atoms with E-state index >= 15 is 0 Å². The van der Waals surface area contributed by atoms with Crippen molar-refractivity contribution in [3.05, 3.63) is 87.8 Å². The fraction of sp³-hybridized carbons (Fsp3) is 0.227. The Hall–Kier alpha value is -3.21. The summed E-state index contributed by atoms with van der Waals surface area (Å²) in [5.74, 6) is 1.58. The van der Waals surface area contributed by atoms with Crippen LogP contribution in [0.25, 0.3) is 17.2 Å². The molecule has 0 spiro atoms. The summed E-state index contributed by atoms with van der Waals surface area (Å²) in [6.07, 6.45) is 1.55. The zero-order valence-corrected chi connectivity index (χ0v) is 15.5. The molecule has 0 aliphatic rings. The number of rotatable bonds is 5. The topological polar surface area (TPSA) is 63.0 Å². The van der Waals surface area contributed by atoms with Crippen LogP contribution in [0.1, 0.15) is 36.6 Å². The molecule has 0 aliphatic heterocycles. The first-order chi connectivity index (χ1) is 13.1. The van der Waals surface area contributed by atoms with Crippen LogP contribution in [0.3, 0.4) is 0 Å². The van der Waals surface area contributed by atoms with Gasteiger partial charge in [0.15, 0.2) is 5.82 Å². The second kappa shape index (κ2) is 7.19. The van der Waals surface area contributed by atoms with Crippen LogP contribution < -0.4 is 5.56 Å². The largest absolute Gasteiger partial charge is 0.274 e. The van der Waals surface area contributed by atoms with E-state index in [1.54, 1.807) is 6.07 Å². The van der Waals surface area contributed by atoms with Crippen molar-refractivity contribution in [2.45, 2.75) is 32.6 Å². The van der Waals surface area contributed by atoms with Crippen molar-refractivity contribution in [2.24, 2.45) is 0 Å². The molecule has 0 fully saturated rings. The van der Waals surface area contributed by atoms with E-state index < -0.39 is 0 Å². The molecular weight excluding hydrogens is 336 g/mol. The Bertz CT molecular complexity index is 1110. The van der Waals surface area contributed by atoms with E-state index in [1.165, 1.54) is 15.6 Å². The predicted octanol–water partition coefficient (Wildman–Crippen LogP) is 3.99. The predicted molar refractivity (Wildman–Crippen MR) is 107 cm³/mol. The van der Waals surface area contributed by atoms with Gasteiger partial charge < -0.3 is 0 Å². The molecule has 5 nitrogen and oxygen atoms in total. The van der Waals surface area contributed by atoms with Gasteiger partial charge >= 0.3 is 0 Å². The third kappa shape index (κ3) is 3.67. The highest BCUT2D eigenvalue weighted by Gasteiger charge is 2.09. The fourth-order valence-corrected chi connectivity index (χ4v) is 3.12. The summed E-state index contributed by atoms with van der Waals surface area (Å²) in [5, 5.41) is 3.03. The van der Waals surface area contributed by atoms with Crippen LogP contribution >= 0.6 is 0 Å². The molecule has 2 aromatic heterocycles. The summed E-state index contributed by atoms with van der Waals surface area (Å²) in [6, 6.07) is 20.0. The van der Waals surface area contributed by atoms with Gasteiger partial charge in [0.25, 0.3) is 11.3 Å². The summed E-state index contributed by atoms with van der Waals surface area (Å²) in [6.45, 7) is 4.38. The molecule has 0 amide bonds. The van der Waals surface area contributed by atoms with Gasteiger partial charge in [-0.05, 0) is 29.9 Å². The molecule has 0 aliphatic carbocycles. The quantitative estimate of drug-likeness (QED) is 0.587. The number of fused-ring (bicyclic) bond motifs is 1. The lowest BCUT2D eigenvalue weighted by molar-refractivity contribution is 0.846. The minimum atomic E-state index is -0.139. The SMILES string of the molecule is CC(C)c1ccc(CCc2cc(=O)n3[nH]c(-c4ccccc4)nc3n2)cc1. The van der Waals surface area contributed by atoms with Crippen molar-refractivity contribution in [1.82, 2.24) is 19.6 Å². The van der Waals surface area contributed by atoms with E-state index in [-0.39, 0.29) is 5.56 Å². The summed E-state index contributed by atoms with van der Waals surface area (Å²) in [7, 11) is 0. The number of nitrogens with zero attached hydrogens (tertiary/aromatic N) is 3. The molecule has 4 rings (SSSR count). The molecule has 0 bridgehead atoms. The van der Waals surface area contributed by atoms with Gasteiger partial charge in [0.05, 0.1) is 5.69 Å². The number of H-pyrrole nitrogens is 1. The van der Waals surface area contributed by atoms with E-state index in [1.807, 2.05) is 30.3 Å². The molecule has 0 atom stereocenters. The lowest BCUT2D eigenvalue weighted by Crippen LogP contribution is -2.16. The Balaban J connectivity index is 1.56. The minimum Gasteiger partial charge on any atom is -0.271 e. The number of hydrogen-bond acceptors (Lipinski definition) is 3. The van der Waals surface area contributed by atoms with Crippen LogP contribution in [-0.4, -0.2) is 19.6 Å². The highest BCUT2D eigenvalue weighted by atomic mass is 16.1. The van der Waals surface area contributed by atoms with E-state index in [2.05, 4.69) is 53.2 Å². The van der Waals surface area contributed by atoms with Crippen molar-refractivity contribution in [1.29, 1.82) is 0 Å². The van der Waals surface area contributed by atoms with Gasteiger partial charge in [-0.3, -0.25) is 9.89 Å². The number of aryl methyl sites for hydroxylation is 2. The fourth-order valence-electron chi connectivity index (χ4n) is 3.12. The normalized spacial score (nSPS) is 11.4. The molecule has 5 heteroatoms. The first-order valence-corrected chi connectivity index (χ1v) is 9.23. The molecule has 0 unspecified atom stereocenters. The van der Waals surface area contributed by atoms with Gasteiger partial charge in [0, 0.05) is 11.6 Å². The third-order valence-electron chi connectivity index (χ3n) is 4.75. The molecule has 2 aromatic carbocycles. The zero-order valence-electron chi connectivity index (χ0n) is 15.5. The van der Waals surface area contributed by atoms with Crippen molar-refractivity contribution in [2.75, 3.05) is 0 Å². The van der Waals surface area contributed by atoms with Crippen molar-refractivity contribution >= 4 is 5.78 Å². The molecule has 0 saturated heterocycles. The van der Waals surface area contributed by atoms with Gasteiger partial charge in [-0.25, -0.2) is 4.98 Å². The lowest BCUT2D eigenvalue weighted by atomic mass is 10.00. The Morgan fingerprint density at radius 2 is 1.70 bits per heavy atom. The maximum Gasteiger partial charge on any atom is 0.274 e. The Kier molecular flexibility index (Phi) is 4.59. The molecular formula is C22H22N4O. The molecule has 0 radical (unpaired) electrons. The second-order valence-corrected chi connectivity index (χ2v) is 7.06. The van der Waals surface area contributed by atoms with Gasteiger partial charge in [0.2, 0.25) is 0 Å². The smallest absolute Gasteiger partial charge is 0.271 e. The number of nitrogens with one attached hydrogen (secondary N) is 1. The molecule has 136 valence electrons. The van der Waals surface area contributed by atoms with E-state index in [0.29, 0.717) is 23.9 Å². The number of aromatic nitrogens is 4. The molecule has 0 saturated carbocycles. The summed E-state index contributed by atoms with van der Waals surface area (Å²) in [5.41, 5.74) is 4.13. The van der Waals surface area contributed by atoms with E-state index in [4.69, 9.17) is 0 Å². The van der Waals surface area contributed by atoms with Crippen LogP contribution in [0.5, 0.6) is 0 Å². The second-order valence-electron chi connectivity index (χ2n) is 7.06. The van der Waals surface area contributed by atoms with Crippen LogP contribution in [0.15, 0.2) is 65.5 Å². The van der Waals surface area contributed by atoms with Crippen molar-refractivity contribution in [3.63, 3.8) is 0 Å². The Morgan fingerprint density at radius 1 is 0.963 bits per heavy atom. The molecule has 2 heterocycles. The Labute approximate surface area is 157 Å². The number of benzene rings is 2. The number of aromatic amines is 1.